The molecule has 7 heteroatoms. The number of allylic oxidation sites excluding steroid dienone is 1. The Labute approximate surface area is 200 Å². The number of nitrogens with one attached hydrogen (secondary N) is 2. The smallest absolute Gasteiger partial charge is 0.330 e. The van der Waals surface area contributed by atoms with Gasteiger partial charge in [-0.3, -0.25) is 14.5 Å². The Hall–Kier alpha value is -3.89. The quantitative estimate of drug-likeness (QED) is 0.444. The fourth-order valence-electron chi connectivity index (χ4n) is 3.25. The zero-order valence-corrected chi connectivity index (χ0v) is 19.4. The summed E-state index contributed by atoms with van der Waals surface area (Å²) in [6, 6.07) is 16.1. The maximum absolute atomic E-state index is 12.6. The van der Waals surface area contributed by atoms with Gasteiger partial charge in [0.1, 0.15) is 6.04 Å². The molecule has 34 heavy (non-hydrogen) atoms. The Morgan fingerprint density at radius 3 is 2.47 bits per heavy atom. The molecule has 0 aliphatic heterocycles. The molecule has 0 spiro atoms. The number of carbonyl (C=O) groups excluding carboxylic acids is 3. The molecule has 0 radical (unpaired) electrons. The van der Waals surface area contributed by atoms with E-state index >= 15 is 0 Å². The number of rotatable bonds is 9. The zero-order chi connectivity index (χ0) is 24.3. The van der Waals surface area contributed by atoms with Gasteiger partial charge < -0.3 is 15.4 Å². The Morgan fingerprint density at radius 2 is 1.82 bits per heavy atom. The highest BCUT2D eigenvalue weighted by Crippen LogP contribution is 2.24. The van der Waals surface area contributed by atoms with Gasteiger partial charge in [-0.25, -0.2) is 4.79 Å². The number of methoxy groups -OCH3 is 1. The monoisotopic (exact) mass is 459 g/mol. The molecule has 0 saturated heterocycles. The first-order valence-electron chi connectivity index (χ1n) is 11.1. The van der Waals surface area contributed by atoms with E-state index in [1.165, 1.54) is 7.11 Å². The lowest BCUT2D eigenvalue weighted by Gasteiger charge is -2.19. The Kier molecular flexibility index (Phi) is 9.01. The number of nitrogens with zero attached hydrogens (tertiary/aromatic N) is 1. The van der Waals surface area contributed by atoms with Crippen LogP contribution in [-0.2, 0) is 14.3 Å². The lowest BCUT2D eigenvalue weighted by molar-refractivity contribution is -0.142. The van der Waals surface area contributed by atoms with Gasteiger partial charge in [-0.1, -0.05) is 42.2 Å². The number of carbonyl (C=O) groups is 3. The standard InChI is InChI=1S/C27H29N3O4/c1-30(23-16-17-23)19-25(31)28-18-24(27(33)34-2)29-26(32)22-14-12-21(13-15-22)11-7-6-10-20-8-4-3-5-9-20/h3-6,8-10,12-15,23-24H,16-19H2,1-2H3,(H,28,31)(H,29,32)/b10-6+/t24-/m0/s1. The Morgan fingerprint density at radius 1 is 1.12 bits per heavy atom. The van der Waals surface area contributed by atoms with Crippen molar-refractivity contribution in [2.45, 2.75) is 24.9 Å². The third kappa shape index (κ3) is 7.91. The van der Waals surface area contributed by atoms with E-state index in [2.05, 4.69) is 22.5 Å². The topological polar surface area (TPSA) is 87.7 Å². The number of hydrogen-bond donors (Lipinski definition) is 2. The van der Waals surface area contributed by atoms with E-state index in [9.17, 15) is 14.4 Å². The van der Waals surface area contributed by atoms with E-state index in [0.29, 0.717) is 11.6 Å². The summed E-state index contributed by atoms with van der Waals surface area (Å²) in [5.74, 6) is 4.71. The molecule has 0 unspecified atom stereocenters. The van der Waals surface area contributed by atoms with Gasteiger partial charge in [0.15, 0.2) is 0 Å². The number of esters is 1. The second-order valence-electron chi connectivity index (χ2n) is 8.09. The van der Waals surface area contributed by atoms with Gasteiger partial charge in [0.05, 0.1) is 13.7 Å². The number of likely N-dealkylation sites (N-methyl/N-ethyl adjacent to an activating group) is 1. The van der Waals surface area contributed by atoms with Crippen LogP contribution >= 0.6 is 0 Å². The van der Waals surface area contributed by atoms with Crippen LogP contribution in [0.4, 0.5) is 0 Å². The van der Waals surface area contributed by atoms with Gasteiger partial charge in [-0.15, -0.1) is 0 Å². The Bertz CT molecular complexity index is 1080. The zero-order valence-electron chi connectivity index (χ0n) is 19.4. The van der Waals surface area contributed by atoms with Gasteiger partial charge in [0, 0.05) is 23.7 Å². The van der Waals surface area contributed by atoms with Crippen molar-refractivity contribution >= 4 is 23.9 Å². The third-order valence-corrected chi connectivity index (χ3v) is 5.38. The number of hydrogen-bond acceptors (Lipinski definition) is 5. The van der Waals surface area contributed by atoms with E-state index in [1.54, 1.807) is 30.3 Å². The number of ether oxygens (including phenoxy) is 1. The van der Waals surface area contributed by atoms with E-state index in [4.69, 9.17) is 4.74 Å². The van der Waals surface area contributed by atoms with Gasteiger partial charge >= 0.3 is 5.97 Å². The van der Waals surface area contributed by atoms with Crippen molar-refractivity contribution in [1.29, 1.82) is 0 Å². The molecular weight excluding hydrogens is 430 g/mol. The fraction of sp³-hybridized carbons (Fsp3) is 0.296. The first-order valence-corrected chi connectivity index (χ1v) is 11.1. The molecule has 2 amide bonds. The summed E-state index contributed by atoms with van der Waals surface area (Å²) >= 11 is 0. The summed E-state index contributed by atoms with van der Waals surface area (Å²) in [6.07, 6.45) is 5.89. The average Bonchev–Trinajstić information content (AvgIpc) is 3.70. The molecule has 0 bridgehead atoms. The molecule has 1 atom stereocenters. The van der Waals surface area contributed by atoms with Crippen LogP contribution in [0, 0.1) is 11.8 Å². The highest BCUT2D eigenvalue weighted by molar-refractivity contribution is 5.97. The minimum Gasteiger partial charge on any atom is -0.467 e. The summed E-state index contributed by atoms with van der Waals surface area (Å²) in [7, 11) is 3.13. The first kappa shape index (κ1) is 24.7. The second-order valence-corrected chi connectivity index (χ2v) is 8.09. The van der Waals surface area contributed by atoms with Crippen LogP contribution in [0.5, 0.6) is 0 Å². The van der Waals surface area contributed by atoms with E-state index in [1.807, 2.05) is 48.4 Å². The number of amides is 2. The van der Waals surface area contributed by atoms with Gasteiger partial charge in [0.25, 0.3) is 5.91 Å². The summed E-state index contributed by atoms with van der Waals surface area (Å²) in [5.41, 5.74) is 2.19. The van der Waals surface area contributed by atoms with Crippen LogP contribution in [0.25, 0.3) is 6.08 Å². The molecule has 1 aliphatic carbocycles. The van der Waals surface area contributed by atoms with Crippen molar-refractivity contribution in [1.82, 2.24) is 15.5 Å². The van der Waals surface area contributed by atoms with Crippen LogP contribution in [0.3, 0.4) is 0 Å². The maximum atomic E-state index is 12.6. The van der Waals surface area contributed by atoms with Crippen molar-refractivity contribution < 1.29 is 19.1 Å². The SMILES string of the molecule is COC(=O)[C@H](CNC(=O)CN(C)C1CC1)NC(=O)c1ccc(C#C/C=C/c2ccccc2)cc1. The largest absolute Gasteiger partial charge is 0.467 e. The molecule has 2 aromatic carbocycles. The summed E-state index contributed by atoms with van der Waals surface area (Å²) in [5, 5.41) is 5.33. The normalized spacial score (nSPS) is 13.6. The average molecular weight is 460 g/mol. The predicted octanol–water partition coefficient (Wildman–Crippen LogP) is 2.23. The van der Waals surface area contributed by atoms with E-state index in [0.717, 1.165) is 24.0 Å². The first-order chi connectivity index (χ1) is 16.5. The highest BCUT2D eigenvalue weighted by Gasteiger charge is 2.28. The lowest BCUT2D eigenvalue weighted by Crippen LogP contribution is -2.50. The molecule has 7 nitrogen and oxygen atoms in total. The molecule has 2 aromatic rings. The molecular formula is C27H29N3O4. The van der Waals surface area contributed by atoms with Crippen LogP contribution in [0.15, 0.2) is 60.7 Å². The molecule has 176 valence electrons. The van der Waals surface area contributed by atoms with Crippen LogP contribution < -0.4 is 10.6 Å². The van der Waals surface area contributed by atoms with Crippen molar-refractivity contribution in [3.05, 3.63) is 77.4 Å². The van der Waals surface area contributed by atoms with Gasteiger partial charge in [-0.2, -0.15) is 0 Å². The maximum Gasteiger partial charge on any atom is 0.330 e. The van der Waals surface area contributed by atoms with Crippen LogP contribution in [0.2, 0.25) is 0 Å². The minimum absolute atomic E-state index is 0.0486. The van der Waals surface area contributed by atoms with Gasteiger partial charge in [0.2, 0.25) is 5.91 Å². The molecule has 1 saturated carbocycles. The summed E-state index contributed by atoms with van der Waals surface area (Å²) in [6.45, 7) is 0.197. The second kappa shape index (κ2) is 12.4. The highest BCUT2D eigenvalue weighted by atomic mass is 16.5. The van der Waals surface area contributed by atoms with E-state index in [-0.39, 0.29) is 19.0 Å². The van der Waals surface area contributed by atoms with Crippen molar-refractivity contribution in [3.8, 4) is 11.8 Å². The molecule has 0 heterocycles. The Balaban J connectivity index is 1.53. The molecule has 3 rings (SSSR count). The van der Waals surface area contributed by atoms with Crippen LogP contribution in [0.1, 0.15) is 34.3 Å². The molecule has 2 N–H and O–H groups in total. The molecule has 1 aliphatic rings. The third-order valence-electron chi connectivity index (χ3n) is 5.38. The summed E-state index contributed by atoms with van der Waals surface area (Å²) < 4.78 is 4.78. The van der Waals surface area contributed by atoms with Crippen molar-refractivity contribution in [2.75, 3.05) is 27.2 Å². The molecule has 0 aromatic heterocycles. The molecule has 1 fully saturated rings. The predicted molar refractivity (Wildman–Crippen MR) is 131 cm³/mol. The van der Waals surface area contributed by atoms with E-state index < -0.39 is 17.9 Å². The van der Waals surface area contributed by atoms with Crippen LogP contribution in [-0.4, -0.2) is 62.0 Å². The van der Waals surface area contributed by atoms with Gasteiger partial charge in [-0.05, 0) is 61.9 Å². The summed E-state index contributed by atoms with van der Waals surface area (Å²) in [4.78, 5) is 38.9. The van der Waals surface area contributed by atoms with Crippen molar-refractivity contribution in [2.24, 2.45) is 0 Å². The van der Waals surface area contributed by atoms with Crippen molar-refractivity contribution in [3.63, 3.8) is 0 Å². The fourth-order valence-corrected chi connectivity index (χ4v) is 3.25. The lowest BCUT2D eigenvalue weighted by atomic mass is 10.1. The minimum atomic E-state index is -0.990. The number of benzene rings is 2.